The normalized spacial score (nSPS) is 11.6. The van der Waals surface area contributed by atoms with Gasteiger partial charge in [-0.2, -0.15) is 0 Å². The Balaban J connectivity index is 2.14. The largest absolute Gasteiger partial charge is 0.365 e. The van der Waals surface area contributed by atoms with Gasteiger partial charge in [0.05, 0.1) is 10.9 Å². The lowest BCUT2D eigenvalue weighted by Gasteiger charge is -2.17. The van der Waals surface area contributed by atoms with E-state index >= 15 is 0 Å². The lowest BCUT2D eigenvalue weighted by atomic mass is 9.96. The third-order valence-corrected chi connectivity index (χ3v) is 3.86. The molecule has 0 aliphatic heterocycles. The number of nitrogens with one attached hydrogen (secondary N) is 1. The van der Waals surface area contributed by atoms with Gasteiger partial charge in [-0.3, -0.25) is 0 Å². The monoisotopic (exact) mass is 315 g/mol. The standard InChI is InChI=1S/C13H15Cl2N3S/c1-13(2,3)12-17-9(14)6-11(18-12)16-7-8-4-5-10(15)19-8/h4-6H,7H2,1-3H3,(H,16,17,18). The second-order valence-corrected chi connectivity index (χ2v) is 7.40. The zero-order chi connectivity index (χ0) is 14.0. The van der Waals surface area contributed by atoms with E-state index in [1.807, 2.05) is 12.1 Å². The molecule has 0 aliphatic rings. The first kappa shape index (κ1) is 14.6. The summed E-state index contributed by atoms with van der Waals surface area (Å²) in [5.41, 5.74) is -0.131. The van der Waals surface area contributed by atoms with Crippen LogP contribution in [-0.2, 0) is 12.0 Å². The van der Waals surface area contributed by atoms with Crippen molar-refractivity contribution in [3.63, 3.8) is 0 Å². The van der Waals surface area contributed by atoms with Gasteiger partial charge >= 0.3 is 0 Å². The Morgan fingerprint density at radius 1 is 1.21 bits per heavy atom. The third-order valence-electron chi connectivity index (χ3n) is 2.44. The second kappa shape index (κ2) is 5.65. The maximum atomic E-state index is 6.03. The summed E-state index contributed by atoms with van der Waals surface area (Å²) in [7, 11) is 0. The quantitative estimate of drug-likeness (QED) is 0.830. The Bertz CT molecular complexity index is 576. The van der Waals surface area contributed by atoms with E-state index in [-0.39, 0.29) is 5.41 Å². The predicted molar refractivity (Wildman–Crippen MR) is 82.4 cm³/mol. The fourth-order valence-corrected chi connectivity index (χ4v) is 2.68. The molecular weight excluding hydrogens is 301 g/mol. The highest BCUT2D eigenvalue weighted by Gasteiger charge is 2.18. The molecular formula is C13H15Cl2N3S. The van der Waals surface area contributed by atoms with E-state index in [0.717, 1.165) is 20.9 Å². The van der Waals surface area contributed by atoms with Crippen LogP contribution in [0.4, 0.5) is 5.82 Å². The Kier molecular flexibility index (Phi) is 4.33. The summed E-state index contributed by atoms with van der Waals surface area (Å²) in [6.45, 7) is 6.85. The maximum Gasteiger partial charge on any atom is 0.137 e. The van der Waals surface area contributed by atoms with Crippen LogP contribution in [0, 0.1) is 0 Å². The van der Waals surface area contributed by atoms with Gasteiger partial charge in [-0.25, -0.2) is 9.97 Å². The first-order chi connectivity index (χ1) is 8.84. The number of thiophene rings is 1. The summed E-state index contributed by atoms with van der Waals surface area (Å²) in [5.74, 6) is 1.46. The highest BCUT2D eigenvalue weighted by molar-refractivity contribution is 7.16. The molecule has 0 spiro atoms. The fourth-order valence-electron chi connectivity index (χ4n) is 1.47. The molecule has 2 rings (SSSR count). The van der Waals surface area contributed by atoms with Crippen LogP contribution in [0.25, 0.3) is 0 Å². The molecule has 0 aromatic carbocycles. The molecule has 0 saturated carbocycles. The van der Waals surface area contributed by atoms with Crippen LogP contribution >= 0.6 is 34.5 Å². The summed E-state index contributed by atoms with van der Waals surface area (Å²) in [6.07, 6.45) is 0. The van der Waals surface area contributed by atoms with Gasteiger partial charge in [-0.1, -0.05) is 44.0 Å². The van der Waals surface area contributed by atoms with Crippen LogP contribution in [0.5, 0.6) is 0 Å². The first-order valence-corrected chi connectivity index (χ1v) is 7.45. The minimum Gasteiger partial charge on any atom is -0.365 e. The van der Waals surface area contributed by atoms with Gasteiger partial charge < -0.3 is 5.32 Å². The number of anilines is 1. The smallest absolute Gasteiger partial charge is 0.137 e. The van der Waals surface area contributed by atoms with Crippen LogP contribution in [-0.4, -0.2) is 9.97 Å². The highest BCUT2D eigenvalue weighted by atomic mass is 35.5. The molecule has 2 aromatic heterocycles. The summed E-state index contributed by atoms with van der Waals surface area (Å²) in [6, 6.07) is 5.61. The molecule has 2 heterocycles. The predicted octanol–water partition coefficient (Wildman–Crippen LogP) is 4.75. The fraction of sp³-hybridized carbons (Fsp3) is 0.385. The minimum atomic E-state index is -0.131. The summed E-state index contributed by atoms with van der Waals surface area (Å²) >= 11 is 13.5. The van der Waals surface area contributed by atoms with E-state index in [1.54, 1.807) is 17.4 Å². The molecule has 0 saturated heterocycles. The van der Waals surface area contributed by atoms with Crippen molar-refractivity contribution in [1.29, 1.82) is 0 Å². The number of halogens is 2. The highest BCUT2D eigenvalue weighted by Crippen LogP contribution is 2.24. The minimum absolute atomic E-state index is 0.131. The first-order valence-electron chi connectivity index (χ1n) is 5.88. The van der Waals surface area contributed by atoms with E-state index in [9.17, 15) is 0 Å². The van der Waals surface area contributed by atoms with Crippen molar-refractivity contribution in [2.75, 3.05) is 5.32 Å². The molecule has 0 unspecified atom stereocenters. The lowest BCUT2D eigenvalue weighted by molar-refractivity contribution is 0.546. The maximum absolute atomic E-state index is 6.03. The number of hydrogen-bond acceptors (Lipinski definition) is 4. The van der Waals surface area contributed by atoms with Gasteiger partial charge in [0.25, 0.3) is 0 Å². The topological polar surface area (TPSA) is 37.8 Å². The zero-order valence-corrected chi connectivity index (χ0v) is 13.3. The van der Waals surface area contributed by atoms with Gasteiger partial charge in [0.15, 0.2) is 0 Å². The van der Waals surface area contributed by atoms with Crippen LogP contribution in [0.15, 0.2) is 18.2 Å². The van der Waals surface area contributed by atoms with Crippen molar-refractivity contribution >= 4 is 40.4 Å². The SMILES string of the molecule is CC(C)(C)c1nc(Cl)cc(NCc2ccc(Cl)s2)n1. The zero-order valence-electron chi connectivity index (χ0n) is 11.0. The van der Waals surface area contributed by atoms with E-state index in [4.69, 9.17) is 23.2 Å². The number of rotatable bonds is 3. The molecule has 0 atom stereocenters. The number of aromatic nitrogens is 2. The van der Waals surface area contributed by atoms with Gasteiger partial charge in [-0.15, -0.1) is 11.3 Å². The molecule has 19 heavy (non-hydrogen) atoms. The summed E-state index contributed by atoms with van der Waals surface area (Å²) < 4.78 is 0.785. The van der Waals surface area contributed by atoms with Crippen LogP contribution in [0.1, 0.15) is 31.5 Å². The van der Waals surface area contributed by atoms with Crippen molar-refractivity contribution in [3.05, 3.63) is 38.4 Å². The van der Waals surface area contributed by atoms with Crippen molar-refractivity contribution < 1.29 is 0 Å². The Hall–Kier alpha value is -0.840. The van der Waals surface area contributed by atoms with Crippen molar-refractivity contribution in [1.82, 2.24) is 9.97 Å². The molecule has 102 valence electrons. The van der Waals surface area contributed by atoms with Crippen LogP contribution < -0.4 is 5.32 Å². The Morgan fingerprint density at radius 3 is 2.53 bits per heavy atom. The van der Waals surface area contributed by atoms with E-state index in [2.05, 4.69) is 36.1 Å². The van der Waals surface area contributed by atoms with Gasteiger partial charge in [-0.05, 0) is 12.1 Å². The summed E-state index contributed by atoms with van der Waals surface area (Å²) in [5, 5.41) is 3.69. The molecule has 3 nitrogen and oxygen atoms in total. The van der Waals surface area contributed by atoms with Crippen molar-refractivity contribution in [2.24, 2.45) is 0 Å². The number of nitrogens with zero attached hydrogens (tertiary/aromatic N) is 2. The van der Waals surface area contributed by atoms with Crippen molar-refractivity contribution in [2.45, 2.75) is 32.7 Å². The molecule has 0 bridgehead atoms. The lowest BCUT2D eigenvalue weighted by Crippen LogP contribution is -2.17. The third kappa shape index (κ3) is 4.06. The van der Waals surface area contributed by atoms with Gasteiger partial charge in [0, 0.05) is 16.4 Å². The average molecular weight is 316 g/mol. The van der Waals surface area contributed by atoms with Crippen molar-refractivity contribution in [3.8, 4) is 0 Å². The molecule has 1 N–H and O–H groups in total. The van der Waals surface area contributed by atoms with E-state index < -0.39 is 0 Å². The van der Waals surface area contributed by atoms with Gasteiger partial charge in [0.2, 0.25) is 0 Å². The molecule has 0 radical (unpaired) electrons. The molecule has 0 fully saturated rings. The average Bonchev–Trinajstić information content (AvgIpc) is 2.71. The molecule has 0 amide bonds. The molecule has 2 aromatic rings. The van der Waals surface area contributed by atoms with Crippen LogP contribution in [0.2, 0.25) is 9.49 Å². The van der Waals surface area contributed by atoms with Crippen LogP contribution in [0.3, 0.4) is 0 Å². The Morgan fingerprint density at radius 2 is 1.95 bits per heavy atom. The van der Waals surface area contributed by atoms with Gasteiger partial charge in [0.1, 0.15) is 16.8 Å². The Labute approximate surface area is 127 Å². The van der Waals surface area contributed by atoms with E-state index in [0.29, 0.717) is 11.7 Å². The van der Waals surface area contributed by atoms with E-state index in [1.165, 1.54) is 0 Å². The second-order valence-electron chi connectivity index (χ2n) is 5.21. The molecule has 6 heteroatoms. The molecule has 0 aliphatic carbocycles. The summed E-state index contributed by atoms with van der Waals surface area (Å²) in [4.78, 5) is 9.90. The number of hydrogen-bond donors (Lipinski definition) is 1.